The number of hydrogen-bond donors (Lipinski definition) is 1. The maximum Gasteiger partial charge on any atom is 0.261 e. The number of anilines is 2. The second-order valence-electron chi connectivity index (χ2n) is 7.48. The highest BCUT2D eigenvalue weighted by Gasteiger charge is 2.35. The Kier molecular flexibility index (Phi) is 5.49. The lowest BCUT2D eigenvalue weighted by Gasteiger charge is -2.16. The predicted molar refractivity (Wildman–Crippen MR) is 118 cm³/mol. The molecule has 0 fully saturated rings. The van der Waals surface area contributed by atoms with Crippen molar-refractivity contribution in [2.24, 2.45) is 0 Å². The topological polar surface area (TPSA) is 82.6 Å². The number of pyridine rings is 1. The fourth-order valence-corrected chi connectivity index (χ4v) is 3.57. The van der Waals surface area contributed by atoms with Crippen LogP contribution in [0.2, 0.25) is 0 Å². The zero-order valence-electron chi connectivity index (χ0n) is 17.3. The summed E-state index contributed by atoms with van der Waals surface area (Å²) >= 11 is 0. The largest absolute Gasteiger partial charge is 0.361 e. The fourth-order valence-electron chi connectivity index (χ4n) is 3.57. The normalized spacial score (nSPS) is 12.6. The number of carbonyl (C=O) groups excluding carboxylic acids is 3. The molecule has 0 atom stereocenters. The van der Waals surface area contributed by atoms with Crippen LogP contribution in [0.5, 0.6) is 0 Å². The number of imide groups is 1. The molecule has 7 nitrogen and oxygen atoms in total. The molecule has 2 heterocycles. The average molecular weight is 414 g/mol. The molecular formula is C24H22N4O3. The smallest absolute Gasteiger partial charge is 0.261 e. The van der Waals surface area contributed by atoms with Gasteiger partial charge in [0.15, 0.2) is 5.82 Å². The molecule has 0 bridgehead atoms. The van der Waals surface area contributed by atoms with Gasteiger partial charge in [0.25, 0.3) is 17.7 Å². The van der Waals surface area contributed by atoms with Gasteiger partial charge < -0.3 is 10.2 Å². The Bertz CT molecular complexity index is 1160. The SMILES string of the molecule is CN(C)c1ncccc1NC(=O)c1ccc2c(c1)C(=O)N(CCc1ccccc1)C2=O. The third-order valence-electron chi connectivity index (χ3n) is 5.16. The quantitative estimate of drug-likeness (QED) is 0.626. The van der Waals surface area contributed by atoms with Crippen LogP contribution in [0.1, 0.15) is 36.6 Å². The van der Waals surface area contributed by atoms with E-state index in [4.69, 9.17) is 0 Å². The van der Waals surface area contributed by atoms with E-state index in [1.807, 2.05) is 44.4 Å². The van der Waals surface area contributed by atoms with Gasteiger partial charge >= 0.3 is 0 Å². The van der Waals surface area contributed by atoms with Crippen molar-refractivity contribution in [2.75, 3.05) is 30.9 Å². The van der Waals surface area contributed by atoms with Crippen LogP contribution in [0.3, 0.4) is 0 Å². The van der Waals surface area contributed by atoms with Gasteiger partial charge in [-0.25, -0.2) is 4.98 Å². The van der Waals surface area contributed by atoms with Crippen LogP contribution in [-0.2, 0) is 6.42 Å². The van der Waals surface area contributed by atoms with Gasteiger partial charge in [-0.05, 0) is 42.3 Å². The molecule has 1 aliphatic heterocycles. The maximum atomic E-state index is 12.9. The molecule has 3 amide bonds. The van der Waals surface area contributed by atoms with Crippen molar-refractivity contribution in [3.8, 4) is 0 Å². The monoisotopic (exact) mass is 414 g/mol. The van der Waals surface area contributed by atoms with E-state index < -0.39 is 0 Å². The summed E-state index contributed by atoms with van der Waals surface area (Å²) in [7, 11) is 3.67. The van der Waals surface area contributed by atoms with Crippen LogP contribution in [-0.4, -0.2) is 48.2 Å². The molecule has 0 unspecified atom stereocenters. The van der Waals surface area contributed by atoms with E-state index in [2.05, 4.69) is 10.3 Å². The number of nitrogens with one attached hydrogen (secondary N) is 1. The molecular weight excluding hydrogens is 392 g/mol. The minimum atomic E-state index is -0.374. The summed E-state index contributed by atoms with van der Waals surface area (Å²) in [6.45, 7) is 0.291. The molecule has 4 rings (SSSR count). The molecule has 0 spiro atoms. The van der Waals surface area contributed by atoms with Gasteiger partial charge in [-0.2, -0.15) is 0 Å². The highest BCUT2D eigenvalue weighted by Crippen LogP contribution is 2.26. The van der Waals surface area contributed by atoms with Crippen molar-refractivity contribution in [3.63, 3.8) is 0 Å². The second-order valence-corrected chi connectivity index (χ2v) is 7.48. The van der Waals surface area contributed by atoms with Gasteiger partial charge in [-0.3, -0.25) is 19.3 Å². The number of aromatic nitrogens is 1. The Morgan fingerprint density at radius 2 is 1.71 bits per heavy atom. The van der Waals surface area contributed by atoms with Crippen molar-refractivity contribution in [3.05, 3.63) is 89.1 Å². The van der Waals surface area contributed by atoms with E-state index in [1.54, 1.807) is 35.4 Å². The highest BCUT2D eigenvalue weighted by atomic mass is 16.2. The Morgan fingerprint density at radius 1 is 0.968 bits per heavy atom. The number of fused-ring (bicyclic) bond motifs is 1. The van der Waals surface area contributed by atoms with Crippen molar-refractivity contribution in [1.29, 1.82) is 0 Å². The van der Waals surface area contributed by atoms with Crippen LogP contribution in [0, 0.1) is 0 Å². The first kappa shape index (κ1) is 20.3. The minimum Gasteiger partial charge on any atom is -0.361 e. The van der Waals surface area contributed by atoms with Gasteiger partial charge in [0, 0.05) is 32.4 Å². The summed E-state index contributed by atoms with van der Waals surface area (Å²) in [6.07, 6.45) is 2.22. The molecule has 156 valence electrons. The summed E-state index contributed by atoms with van der Waals surface area (Å²) in [5.41, 5.74) is 2.49. The van der Waals surface area contributed by atoms with E-state index in [1.165, 1.54) is 11.0 Å². The first-order chi connectivity index (χ1) is 15.0. The first-order valence-electron chi connectivity index (χ1n) is 9.93. The fraction of sp³-hybridized carbons (Fsp3) is 0.167. The van der Waals surface area contributed by atoms with E-state index >= 15 is 0 Å². The molecule has 0 saturated heterocycles. The Hall–Kier alpha value is -4.00. The molecule has 0 saturated carbocycles. The average Bonchev–Trinajstić information content (AvgIpc) is 3.02. The van der Waals surface area contributed by atoms with Gasteiger partial charge in [-0.1, -0.05) is 30.3 Å². The highest BCUT2D eigenvalue weighted by molar-refractivity contribution is 6.22. The van der Waals surface area contributed by atoms with E-state index in [9.17, 15) is 14.4 Å². The van der Waals surface area contributed by atoms with Crippen molar-refractivity contribution in [2.45, 2.75) is 6.42 Å². The summed E-state index contributed by atoms with van der Waals surface area (Å²) in [6, 6.07) is 17.8. The summed E-state index contributed by atoms with van der Waals surface area (Å²) in [4.78, 5) is 45.7. The number of nitrogens with zero attached hydrogens (tertiary/aromatic N) is 3. The number of rotatable bonds is 6. The van der Waals surface area contributed by atoms with Crippen molar-refractivity contribution in [1.82, 2.24) is 9.88 Å². The molecule has 1 aliphatic rings. The Labute approximate surface area is 180 Å². The van der Waals surface area contributed by atoms with Crippen LogP contribution in [0.25, 0.3) is 0 Å². The van der Waals surface area contributed by atoms with Crippen molar-refractivity contribution >= 4 is 29.2 Å². The summed E-state index contributed by atoms with van der Waals surface area (Å²) in [5.74, 6) is -0.455. The molecule has 31 heavy (non-hydrogen) atoms. The van der Waals surface area contributed by atoms with Gasteiger partial charge in [-0.15, -0.1) is 0 Å². The van der Waals surface area contributed by atoms with Gasteiger partial charge in [0.2, 0.25) is 0 Å². The molecule has 1 aromatic heterocycles. The lowest BCUT2D eigenvalue weighted by atomic mass is 10.1. The first-order valence-corrected chi connectivity index (χ1v) is 9.93. The maximum absolute atomic E-state index is 12.9. The van der Waals surface area contributed by atoms with Crippen molar-refractivity contribution < 1.29 is 14.4 Å². The van der Waals surface area contributed by atoms with Crippen LogP contribution < -0.4 is 10.2 Å². The molecule has 0 aliphatic carbocycles. The zero-order chi connectivity index (χ0) is 22.0. The minimum absolute atomic E-state index is 0.254. The van der Waals surface area contributed by atoms with E-state index in [-0.39, 0.29) is 23.3 Å². The molecule has 1 N–H and O–H groups in total. The van der Waals surface area contributed by atoms with Crippen LogP contribution >= 0.6 is 0 Å². The third-order valence-corrected chi connectivity index (χ3v) is 5.16. The van der Waals surface area contributed by atoms with Crippen LogP contribution in [0.15, 0.2) is 66.9 Å². The molecule has 2 aromatic carbocycles. The molecule has 0 radical (unpaired) electrons. The molecule has 3 aromatic rings. The van der Waals surface area contributed by atoms with Crippen LogP contribution in [0.4, 0.5) is 11.5 Å². The van der Waals surface area contributed by atoms with E-state index in [0.717, 1.165) is 5.56 Å². The predicted octanol–water partition coefficient (Wildman–Crippen LogP) is 3.24. The summed E-state index contributed by atoms with van der Waals surface area (Å²) in [5, 5.41) is 2.83. The number of hydrogen-bond acceptors (Lipinski definition) is 5. The van der Waals surface area contributed by atoms with Gasteiger partial charge in [0.05, 0.1) is 16.8 Å². The molecule has 7 heteroatoms. The Morgan fingerprint density at radius 3 is 2.45 bits per heavy atom. The standard InChI is InChI=1S/C24H22N4O3/c1-27(2)21-20(9-6-13-25-21)26-22(29)17-10-11-18-19(15-17)24(31)28(23(18)30)14-12-16-7-4-3-5-8-16/h3-11,13,15H,12,14H2,1-2H3,(H,26,29). The lowest BCUT2D eigenvalue weighted by Crippen LogP contribution is -2.31. The van der Waals surface area contributed by atoms with E-state index in [0.29, 0.717) is 35.6 Å². The summed E-state index contributed by atoms with van der Waals surface area (Å²) < 4.78 is 0. The van der Waals surface area contributed by atoms with Gasteiger partial charge in [0.1, 0.15) is 0 Å². The lowest BCUT2D eigenvalue weighted by molar-refractivity contribution is 0.0656. The second kappa shape index (κ2) is 8.39. The third kappa shape index (κ3) is 4.02. The number of amides is 3. The number of carbonyl (C=O) groups is 3. The zero-order valence-corrected chi connectivity index (χ0v) is 17.3. The number of benzene rings is 2. The Balaban J connectivity index is 1.52.